The zero-order chi connectivity index (χ0) is 12.6. The lowest BCUT2D eigenvalue weighted by molar-refractivity contribution is -0.139. The number of aliphatic hydroxyl groups is 1. The second-order valence-electron chi connectivity index (χ2n) is 4.02. The second-order valence-corrected chi connectivity index (χ2v) is 4.02. The summed E-state index contributed by atoms with van der Waals surface area (Å²) in [6.07, 6.45) is -4.98. The van der Waals surface area contributed by atoms with Gasteiger partial charge in [0.15, 0.2) is 0 Å². The largest absolute Gasteiger partial charge is 0.421 e. The molecule has 2 rings (SSSR count). The molecule has 0 aromatic heterocycles. The number of rotatable bonds is 1. The summed E-state index contributed by atoms with van der Waals surface area (Å²) in [7, 11) is 0. The van der Waals surface area contributed by atoms with Crippen molar-refractivity contribution in [2.75, 3.05) is 18.0 Å². The topological polar surface area (TPSA) is 23.5 Å². The van der Waals surface area contributed by atoms with Gasteiger partial charge in [-0.3, -0.25) is 0 Å². The molecule has 1 aromatic rings. The number of alkyl halides is 3. The first-order valence-corrected chi connectivity index (χ1v) is 5.18. The highest BCUT2D eigenvalue weighted by atomic mass is 19.4. The molecule has 0 aliphatic carbocycles. The van der Waals surface area contributed by atoms with Gasteiger partial charge in [-0.1, -0.05) is 6.07 Å². The van der Waals surface area contributed by atoms with Crippen molar-refractivity contribution in [1.82, 2.24) is 0 Å². The van der Waals surface area contributed by atoms with Crippen LogP contribution in [0.5, 0.6) is 0 Å². The molecule has 1 aliphatic heterocycles. The summed E-state index contributed by atoms with van der Waals surface area (Å²) in [5, 5.41) is 9.31. The summed E-state index contributed by atoms with van der Waals surface area (Å²) >= 11 is 0. The predicted octanol–water partition coefficient (Wildman–Crippen LogP) is 2.42. The Balaban J connectivity index is 2.43. The van der Waals surface area contributed by atoms with Gasteiger partial charge in [-0.05, 0) is 18.6 Å². The van der Waals surface area contributed by atoms with Gasteiger partial charge < -0.3 is 10.0 Å². The Bertz CT molecular complexity index is 418. The minimum Gasteiger partial charge on any atom is -0.391 e. The highest BCUT2D eigenvalue weighted by Gasteiger charge is 2.39. The standard InChI is InChI=1S/C11H11F4NO/c12-8-2-1-3-9(10(8)11(13,14)15)16-5-4-7(17)6-16/h1-3,7,17H,4-6H2. The number of aliphatic hydroxyl groups excluding tert-OH is 1. The minimum absolute atomic E-state index is 0.104. The van der Waals surface area contributed by atoms with Crippen molar-refractivity contribution in [2.24, 2.45) is 0 Å². The van der Waals surface area contributed by atoms with Gasteiger partial charge in [0.2, 0.25) is 0 Å². The molecule has 1 fully saturated rings. The SMILES string of the molecule is OC1CCN(c2cccc(F)c2C(F)(F)F)C1. The number of benzene rings is 1. The summed E-state index contributed by atoms with van der Waals surface area (Å²) in [6.45, 7) is 0.403. The Morgan fingerprint density at radius 1 is 1.29 bits per heavy atom. The van der Waals surface area contributed by atoms with E-state index in [4.69, 9.17) is 0 Å². The number of halogens is 4. The number of hydrogen-bond donors (Lipinski definition) is 1. The molecule has 0 amide bonds. The van der Waals surface area contributed by atoms with Crippen molar-refractivity contribution in [2.45, 2.75) is 18.7 Å². The molecule has 6 heteroatoms. The van der Waals surface area contributed by atoms with Crippen molar-refractivity contribution < 1.29 is 22.7 Å². The molecule has 1 heterocycles. The van der Waals surface area contributed by atoms with Crippen LogP contribution in [0.25, 0.3) is 0 Å². The van der Waals surface area contributed by atoms with E-state index in [1.807, 2.05) is 0 Å². The Morgan fingerprint density at radius 2 is 2.00 bits per heavy atom. The molecule has 1 atom stereocenters. The van der Waals surface area contributed by atoms with E-state index in [1.165, 1.54) is 17.0 Å². The van der Waals surface area contributed by atoms with Crippen LogP contribution in [0.4, 0.5) is 23.2 Å². The first-order valence-electron chi connectivity index (χ1n) is 5.18. The summed E-state index contributed by atoms with van der Waals surface area (Å²) in [6, 6.07) is 3.26. The highest BCUT2D eigenvalue weighted by Crippen LogP contribution is 2.39. The maximum atomic E-state index is 13.3. The quantitative estimate of drug-likeness (QED) is 0.772. The van der Waals surface area contributed by atoms with E-state index in [0.29, 0.717) is 13.0 Å². The van der Waals surface area contributed by atoms with Gasteiger partial charge in [-0.2, -0.15) is 13.2 Å². The van der Waals surface area contributed by atoms with Gasteiger partial charge in [0.1, 0.15) is 11.4 Å². The zero-order valence-electron chi connectivity index (χ0n) is 8.84. The molecule has 1 aliphatic rings. The van der Waals surface area contributed by atoms with Gasteiger partial charge in [0.25, 0.3) is 0 Å². The lowest BCUT2D eigenvalue weighted by atomic mass is 10.1. The Hall–Kier alpha value is -1.30. The molecule has 1 saturated heterocycles. The van der Waals surface area contributed by atoms with Gasteiger partial charge in [-0.15, -0.1) is 0 Å². The van der Waals surface area contributed by atoms with Gasteiger partial charge >= 0.3 is 6.18 Å². The number of β-amino-alcohol motifs (C(OH)–C–C–N with tert-alkyl or cyclic N) is 1. The average Bonchev–Trinajstić information content (AvgIpc) is 2.62. The van der Waals surface area contributed by atoms with Crippen molar-refractivity contribution in [3.05, 3.63) is 29.6 Å². The first kappa shape index (κ1) is 12.2. The van der Waals surface area contributed by atoms with Gasteiger partial charge in [-0.25, -0.2) is 4.39 Å². The Kier molecular flexibility index (Phi) is 2.99. The molecule has 0 radical (unpaired) electrons. The molecule has 0 saturated carbocycles. The number of anilines is 1. The van der Waals surface area contributed by atoms with Crippen LogP contribution in [-0.2, 0) is 6.18 Å². The van der Waals surface area contributed by atoms with E-state index in [9.17, 15) is 22.7 Å². The molecular weight excluding hydrogens is 238 g/mol. The third-order valence-electron chi connectivity index (χ3n) is 2.78. The molecule has 1 aromatic carbocycles. The molecule has 0 bridgehead atoms. The maximum absolute atomic E-state index is 13.3. The van der Waals surface area contributed by atoms with Crippen LogP contribution in [0.3, 0.4) is 0 Å². The van der Waals surface area contributed by atoms with Crippen LogP contribution >= 0.6 is 0 Å². The van der Waals surface area contributed by atoms with E-state index in [0.717, 1.165) is 6.07 Å². The van der Waals surface area contributed by atoms with Gasteiger partial charge in [0.05, 0.1) is 11.8 Å². The second kappa shape index (κ2) is 4.18. The van der Waals surface area contributed by atoms with Crippen LogP contribution in [-0.4, -0.2) is 24.3 Å². The summed E-state index contributed by atoms with van der Waals surface area (Å²) < 4.78 is 51.5. The third-order valence-corrected chi connectivity index (χ3v) is 2.78. The minimum atomic E-state index is -4.73. The Morgan fingerprint density at radius 3 is 2.53 bits per heavy atom. The maximum Gasteiger partial charge on any atom is 0.421 e. The molecule has 94 valence electrons. The molecule has 2 nitrogen and oxygen atoms in total. The number of nitrogens with zero attached hydrogens (tertiary/aromatic N) is 1. The van der Waals surface area contributed by atoms with Gasteiger partial charge in [0, 0.05) is 13.1 Å². The normalized spacial score (nSPS) is 21.0. The van der Waals surface area contributed by atoms with Crippen molar-refractivity contribution in [1.29, 1.82) is 0 Å². The average molecular weight is 249 g/mol. The fourth-order valence-electron chi connectivity index (χ4n) is 2.02. The van der Waals surface area contributed by atoms with Crippen molar-refractivity contribution in [3.63, 3.8) is 0 Å². The lowest BCUT2D eigenvalue weighted by Gasteiger charge is -2.22. The van der Waals surface area contributed by atoms with Crippen LogP contribution < -0.4 is 4.90 Å². The van der Waals surface area contributed by atoms with Crippen LogP contribution in [0.2, 0.25) is 0 Å². The van der Waals surface area contributed by atoms with Crippen molar-refractivity contribution in [3.8, 4) is 0 Å². The Labute approximate surface area is 95.5 Å². The van der Waals surface area contributed by atoms with Crippen LogP contribution in [0.15, 0.2) is 18.2 Å². The van der Waals surface area contributed by atoms with Crippen molar-refractivity contribution >= 4 is 5.69 Å². The van der Waals surface area contributed by atoms with E-state index in [2.05, 4.69) is 0 Å². The summed E-state index contributed by atoms with van der Waals surface area (Å²) in [5.74, 6) is -1.28. The molecular formula is C11H11F4NO. The molecule has 17 heavy (non-hydrogen) atoms. The summed E-state index contributed by atoms with van der Waals surface area (Å²) in [5.41, 5.74) is -1.46. The monoisotopic (exact) mass is 249 g/mol. The molecule has 0 spiro atoms. The molecule has 1 unspecified atom stereocenters. The zero-order valence-corrected chi connectivity index (χ0v) is 8.84. The van der Waals surface area contributed by atoms with Crippen LogP contribution in [0.1, 0.15) is 12.0 Å². The van der Waals surface area contributed by atoms with E-state index in [-0.39, 0.29) is 12.2 Å². The predicted molar refractivity (Wildman–Crippen MR) is 54.2 cm³/mol. The number of hydrogen-bond acceptors (Lipinski definition) is 2. The smallest absolute Gasteiger partial charge is 0.391 e. The van der Waals surface area contributed by atoms with E-state index >= 15 is 0 Å². The lowest BCUT2D eigenvalue weighted by Crippen LogP contribution is -2.25. The summed E-state index contributed by atoms with van der Waals surface area (Å²) in [4.78, 5) is 1.36. The first-order chi connectivity index (χ1) is 7.89. The molecule has 1 N–H and O–H groups in total. The van der Waals surface area contributed by atoms with Crippen LogP contribution in [0, 0.1) is 5.82 Å². The fourth-order valence-corrected chi connectivity index (χ4v) is 2.02. The van der Waals surface area contributed by atoms with E-state index < -0.39 is 23.7 Å². The third kappa shape index (κ3) is 2.36. The highest BCUT2D eigenvalue weighted by molar-refractivity contribution is 5.56. The fraction of sp³-hybridized carbons (Fsp3) is 0.455. The van der Waals surface area contributed by atoms with E-state index in [1.54, 1.807) is 0 Å².